The number of benzene rings is 1. The Morgan fingerprint density at radius 1 is 1.16 bits per heavy atom. The molecule has 1 aromatic carbocycles. The molecule has 12 nitrogen and oxygen atoms in total. The molecule has 0 amide bonds. The normalized spacial score (nSPS) is 12.5. The van der Waals surface area contributed by atoms with Crippen LogP contribution in [-0.4, -0.2) is 57.5 Å². The maximum atomic E-state index is 13.1. The number of aliphatic hydroxyl groups excluding tert-OH is 1. The first kappa shape index (κ1) is 26.3. The van der Waals surface area contributed by atoms with Gasteiger partial charge in [-0.15, -0.1) is 10.2 Å². The smallest absolute Gasteiger partial charge is 0.382 e. The van der Waals surface area contributed by atoms with Crippen LogP contribution in [0.5, 0.6) is 0 Å². The number of halogens is 5. The minimum atomic E-state index is -4.99. The summed E-state index contributed by atoms with van der Waals surface area (Å²) in [6.45, 7) is -1.62. The number of carbonyl (C=O) groups excluding carboxylic acids is 1. The Labute approximate surface area is 214 Å². The molecule has 0 spiro atoms. The lowest BCUT2D eigenvalue weighted by atomic mass is 10.2. The second kappa shape index (κ2) is 10.3. The molecule has 0 bridgehead atoms. The summed E-state index contributed by atoms with van der Waals surface area (Å²) in [5.74, 6) is 3.08. The van der Waals surface area contributed by atoms with Crippen molar-refractivity contribution in [1.29, 1.82) is 0 Å². The van der Waals surface area contributed by atoms with E-state index in [0.29, 0.717) is 9.59 Å². The third-order valence-electron chi connectivity index (χ3n) is 4.93. The molecule has 0 unspecified atom stereocenters. The highest BCUT2D eigenvalue weighted by atomic mass is 35.5. The Kier molecular flexibility index (Phi) is 7.31. The number of aliphatic hydroxyl groups is 1. The summed E-state index contributed by atoms with van der Waals surface area (Å²) in [4.78, 5) is 37.5. The highest BCUT2D eigenvalue weighted by Gasteiger charge is 2.39. The zero-order valence-electron chi connectivity index (χ0n) is 18.3. The molecule has 1 atom stereocenters. The molecule has 4 rings (SSSR count). The van der Waals surface area contributed by atoms with Gasteiger partial charge in [-0.25, -0.2) is 24.2 Å². The zero-order valence-corrected chi connectivity index (χ0v) is 19.8. The maximum Gasteiger partial charge on any atom is 0.416 e. The van der Waals surface area contributed by atoms with Crippen LogP contribution in [0.3, 0.4) is 0 Å². The van der Waals surface area contributed by atoms with Crippen molar-refractivity contribution in [3.63, 3.8) is 0 Å². The number of nitrogens with zero attached hydrogens (tertiary/aromatic N) is 7. The SMILES string of the molecule is NOC(=O)c1nc(Cn2nc(-c3ccc(Cl)cc3)n(C[C@H](O)C(F)(F)F)c2=O)nn1-c1ncccc1Cl. The average molecular weight is 559 g/mol. The van der Waals surface area contributed by atoms with Gasteiger partial charge in [0.25, 0.3) is 0 Å². The molecule has 37 heavy (non-hydrogen) atoms. The van der Waals surface area contributed by atoms with Gasteiger partial charge in [-0.2, -0.15) is 23.8 Å². The predicted octanol–water partition coefficient (Wildman–Crippen LogP) is 2.00. The van der Waals surface area contributed by atoms with E-state index in [0.717, 1.165) is 9.36 Å². The first-order chi connectivity index (χ1) is 17.5. The summed E-state index contributed by atoms with van der Waals surface area (Å²) in [6.07, 6.45) is -6.46. The van der Waals surface area contributed by atoms with Crippen LogP contribution in [0.15, 0.2) is 47.4 Å². The van der Waals surface area contributed by atoms with Crippen LogP contribution >= 0.6 is 23.2 Å². The van der Waals surface area contributed by atoms with E-state index >= 15 is 0 Å². The summed E-state index contributed by atoms with van der Waals surface area (Å²) in [5, 5.41) is 18.3. The van der Waals surface area contributed by atoms with Gasteiger partial charge in [0.15, 0.2) is 23.6 Å². The van der Waals surface area contributed by atoms with Crippen molar-refractivity contribution in [3.05, 3.63) is 74.8 Å². The number of aromatic nitrogens is 7. The minimum Gasteiger partial charge on any atom is -0.382 e. The van der Waals surface area contributed by atoms with E-state index in [1.807, 2.05) is 0 Å². The lowest BCUT2D eigenvalue weighted by Crippen LogP contribution is -2.37. The van der Waals surface area contributed by atoms with Gasteiger partial charge in [0.1, 0.15) is 6.54 Å². The molecule has 3 heterocycles. The van der Waals surface area contributed by atoms with Crippen LogP contribution < -0.4 is 11.6 Å². The summed E-state index contributed by atoms with van der Waals surface area (Å²) in [5.41, 5.74) is -0.760. The van der Waals surface area contributed by atoms with Crippen molar-refractivity contribution in [2.24, 2.45) is 5.90 Å². The summed E-state index contributed by atoms with van der Waals surface area (Å²) in [7, 11) is 0. The van der Waals surface area contributed by atoms with Crippen molar-refractivity contribution >= 4 is 29.2 Å². The molecule has 0 fully saturated rings. The highest BCUT2D eigenvalue weighted by Crippen LogP contribution is 2.24. The molecule has 17 heteroatoms. The fraction of sp³-hybridized carbons (Fsp3) is 0.200. The largest absolute Gasteiger partial charge is 0.416 e. The van der Waals surface area contributed by atoms with Crippen LogP contribution in [0.1, 0.15) is 16.4 Å². The van der Waals surface area contributed by atoms with Crippen LogP contribution in [0.2, 0.25) is 10.0 Å². The van der Waals surface area contributed by atoms with Crippen LogP contribution in [0.4, 0.5) is 13.2 Å². The quantitative estimate of drug-likeness (QED) is 0.324. The predicted molar refractivity (Wildman–Crippen MR) is 122 cm³/mol. The van der Waals surface area contributed by atoms with Crippen molar-refractivity contribution < 1.29 is 27.9 Å². The number of hydrogen-bond donors (Lipinski definition) is 2. The van der Waals surface area contributed by atoms with Gasteiger partial charge in [0.2, 0.25) is 5.82 Å². The Bertz CT molecular complexity index is 1500. The van der Waals surface area contributed by atoms with Gasteiger partial charge < -0.3 is 9.94 Å². The number of alkyl halides is 3. The van der Waals surface area contributed by atoms with Gasteiger partial charge in [0.05, 0.1) is 11.6 Å². The van der Waals surface area contributed by atoms with Crippen LogP contribution in [0.25, 0.3) is 17.2 Å². The van der Waals surface area contributed by atoms with E-state index in [9.17, 15) is 27.9 Å². The van der Waals surface area contributed by atoms with Crippen molar-refractivity contribution in [3.8, 4) is 17.2 Å². The Balaban J connectivity index is 1.79. The minimum absolute atomic E-state index is 0.00338. The fourth-order valence-electron chi connectivity index (χ4n) is 3.22. The highest BCUT2D eigenvalue weighted by molar-refractivity contribution is 6.32. The van der Waals surface area contributed by atoms with Crippen molar-refractivity contribution in [2.45, 2.75) is 25.4 Å². The molecule has 0 saturated heterocycles. The van der Waals surface area contributed by atoms with E-state index in [1.54, 1.807) is 0 Å². The van der Waals surface area contributed by atoms with Gasteiger partial charge in [-0.05, 0) is 36.4 Å². The van der Waals surface area contributed by atoms with Crippen molar-refractivity contribution in [1.82, 2.24) is 34.1 Å². The summed E-state index contributed by atoms with van der Waals surface area (Å²) in [6, 6.07) is 8.79. The average Bonchev–Trinajstić information content (AvgIpc) is 3.40. The third kappa shape index (κ3) is 5.48. The van der Waals surface area contributed by atoms with E-state index < -0.39 is 42.9 Å². The monoisotopic (exact) mass is 558 g/mol. The Hall–Kier alpha value is -3.79. The maximum absolute atomic E-state index is 13.1. The molecular formula is C20H15Cl2F3N8O4. The molecule has 3 aromatic heterocycles. The second-order valence-corrected chi connectivity index (χ2v) is 8.26. The fourth-order valence-corrected chi connectivity index (χ4v) is 3.55. The van der Waals surface area contributed by atoms with Crippen LogP contribution in [-0.2, 0) is 17.9 Å². The first-order valence-electron chi connectivity index (χ1n) is 10.2. The lowest BCUT2D eigenvalue weighted by Gasteiger charge is -2.15. The van der Waals surface area contributed by atoms with Crippen molar-refractivity contribution in [2.75, 3.05) is 0 Å². The topological polar surface area (TPSA) is 156 Å². The molecule has 194 valence electrons. The van der Waals surface area contributed by atoms with Gasteiger partial charge in [0, 0.05) is 16.8 Å². The van der Waals surface area contributed by atoms with Gasteiger partial charge >= 0.3 is 17.8 Å². The Morgan fingerprint density at radius 3 is 2.49 bits per heavy atom. The molecule has 0 saturated carbocycles. The van der Waals surface area contributed by atoms with E-state index in [2.05, 4.69) is 25.0 Å². The standard InChI is InChI=1S/C20H15Cl2F3N8O4/c21-11-5-3-10(4-6-11)15-30-32(19(36)31(15)8-13(34)20(23,24)25)9-14-28-17(18(35)37-26)33(29-14)16-12(22)2-1-7-27-16/h1-7,13,34H,8-9,26H2/t13-/m0/s1. The molecule has 0 aliphatic carbocycles. The van der Waals surface area contributed by atoms with Crippen LogP contribution in [0, 0.1) is 0 Å². The molecular weight excluding hydrogens is 544 g/mol. The van der Waals surface area contributed by atoms with E-state index in [-0.39, 0.29) is 28.1 Å². The molecule has 0 aliphatic heterocycles. The summed E-state index contributed by atoms with van der Waals surface area (Å²) < 4.78 is 41.5. The molecule has 0 radical (unpaired) electrons. The van der Waals surface area contributed by atoms with E-state index in [4.69, 9.17) is 29.1 Å². The number of nitrogens with two attached hydrogens (primary N) is 1. The molecule has 4 aromatic rings. The molecule has 3 N–H and O–H groups in total. The van der Waals surface area contributed by atoms with E-state index in [1.165, 1.54) is 42.6 Å². The summed E-state index contributed by atoms with van der Waals surface area (Å²) >= 11 is 12.0. The zero-order chi connectivity index (χ0) is 26.9. The Morgan fingerprint density at radius 2 is 1.86 bits per heavy atom. The second-order valence-electron chi connectivity index (χ2n) is 7.42. The number of rotatable bonds is 7. The van der Waals surface area contributed by atoms with Gasteiger partial charge in [-0.3, -0.25) is 4.57 Å². The third-order valence-corrected chi connectivity index (χ3v) is 5.48. The molecule has 0 aliphatic rings. The number of carbonyl (C=O) groups is 1. The lowest BCUT2D eigenvalue weighted by molar-refractivity contribution is -0.207. The number of hydrogen-bond acceptors (Lipinski definition) is 9. The first-order valence-corrected chi connectivity index (χ1v) is 10.9. The number of pyridine rings is 1. The van der Waals surface area contributed by atoms with Gasteiger partial charge in [-0.1, -0.05) is 23.2 Å².